The van der Waals surface area contributed by atoms with Crippen LogP contribution >= 0.6 is 0 Å². The van der Waals surface area contributed by atoms with Crippen molar-refractivity contribution in [3.05, 3.63) is 0 Å². The lowest BCUT2D eigenvalue weighted by molar-refractivity contribution is -0.130. The Labute approximate surface area is 90.8 Å². The van der Waals surface area contributed by atoms with E-state index in [0.717, 1.165) is 6.54 Å². The Kier molecular flexibility index (Phi) is 5.28. The van der Waals surface area contributed by atoms with Crippen LogP contribution in [0.25, 0.3) is 0 Å². The van der Waals surface area contributed by atoms with Crippen molar-refractivity contribution in [2.75, 3.05) is 6.54 Å². The van der Waals surface area contributed by atoms with Crippen molar-refractivity contribution in [1.82, 2.24) is 10.6 Å². The minimum Gasteiger partial charge on any atom is -0.368 e. The first-order chi connectivity index (χ1) is 6.79. The van der Waals surface area contributed by atoms with Gasteiger partial charge in [-0.05, 0) is 27.3 Å². The van der Waals surface area contributed by atoms with Gasteiger partial charge in [-0.1, -0.05) is 6.92 Å². The minimum atomic E-state index is -0.983. The molecule has 0 heterocycles. The first kappa shape index (κ1) is 13.9. The Hall–Kier alpha value is -1.10. The summed E-state index contributed by atoms with van der Waals surface area (Å²) < 4.78 is 0. The molecule has 0 fully saturated rings. The molecule has 0 aromatic rings. The van der Waals surface area contributed by atoms with Crippen LogP contribution in [0.5, 0.6) is 0 Å². The van der Waals surface area contributed by atoms with Gasteiger partial charge in [-0.25, -0.2) is 0 Å². The van der Waals surface area contributed by atoms with Gasteiger partial charge in [0.05, 0.1) is 0 Å². The highest BCUT2D eigenvalue weighted by Gasteiger charge is 2.26. The van der Waals surface area contributed by atoms with Crippen LogP contribution in [0, 0.1) is 0 Å². The third-order valence-electron chi connectivity index (χ3n) is 2.11. The van der Waals surface area contributed by atoms with Gasteiger partial charge in [-0.2, -0.15) is 0 Å². The Morgan fingerprint density at radius 3 is 2.33 bits per heavy atom. The lowest BCUT2D eigenvalue weighted by Crippen LogP contribution is -2.53. The molecule has 0 aliphatic heterocycles. The van der Waals surface area contributed by atoms with Crippen molar-refractivity contribution in [2.45, 2.75) is 45.7 Å². The van der Waals surface area contributed by atoms with Gasteiger partial charge in [0.25, 0.3) is 0 Å². The predicted molar refractivity (Wildman–Crippen MR) is 59.2 cm³/mol. The SMILES string of the molecule is CCNC(C)CC(=O)NC(C)(C)C(N)=O. The Morgan fingerprint density at radius 2 is 1.93 bits per heavy atom. The molecule has 0 spiro atoms. The van der Waals surface area contributed by atoms with Crippen LogP contribution in [0.3, 0.4) is 0 Å². The summed E-state index contributed by atoms with van der Waals surface area (Å²) in [4.78, 5) is 22.4. The van der Waals surface area contributed by atoms with E-state index >= 15 is 0 Å². The molecule has 0 bridgehead atoms. The molecule has 0 aromatic heterocycles. The number of amides is 2. The first-order valence-electron chi connectivity index (χ1n) is 5.14. The minimum absolute atomic E-state index is 0.0960. The maximum atomic E-state index is 11.5. The average Bonchev–Trinajstić information content (AvgIpc) is 2.02. The highest BCUT2D eigenvalue weighted by Crippen LogP contribution is 2.01. The van der Waals surface area contributed by atoms with Gasteiger partial charge in [-0.15, -0.1) is 0 Å². The largest absolute Gasteiger partial charge is 0.368 e. The summed E-state index contributed by atoms with van der Waals surface area (Å²) in [6.07, 6.45) is 0.338. The fraction of sp³-hybridized carbons (Fsp3) is 0.800. The Balaban J connectivity index is 4.09. The second-order valence-corrected chi connectivity index (χ2v) is 4.20. The normalized spacial score (nSPS) is 13.3. The monoisotopic (exact) mass is 215 g/mol. The number of primary amides is 1. The summed E-state index contributed by atoms with van der Waals surface area (Å²) in [6.45, 7) is 7.88. The van der Waals surface area contributed by atoms with Crippen molar-refractivity contribution in [3.63, 3.8) is 0 Å². The van der Waals surface area contributed by atoms with Gasteiger partial charge in [0, 0.05) is 12.5 Å². The molecular weight excluding hydrogens is 194 g/mol. The fourth-order valence-electron chi connectivity index (χ4n) is 1.16. The molecule has 2 amide bonds. The summed E-state index contributed by atoms with van der Waals surface area (Å²) in [5.41, 5.74) is 4.16. The third-order valence-corrected chi connectivity index (χ3v) is 2.11. The predicted octanol–water partition coefficient (Wildman–Crippen LogP) is -0.245. The lowest BCUT2D eigenvalue weighted by atomic mass is 10.0. The molecular formula is C10H21N3O2. The second kappa shape index (κ2) is 5.70. The van der Waals surface area contributed by atoms with Gasteiger partial charge >= 0.3 is 0 Å². The van der Waals surface area contributed by atoms with Crippen LogP contribution in [0.1, 0.15) is 34.1 Å². The molecule has 0 rings (SSSR count). The van der Waals surface area contributed by atoms with Gasteiger partial charge in [-0.3, -0.25) is 9.59 Å². The van der Waals surface area contributed by atoms with Crippen molar-refractivity contribution >= 4 is 11.8 Å². The fourth-order valence-corrected chi connectivity index (χ4v) is 1.16. The molecule has 4 N–H and O–H groups in total. The van der Waals surface area contributed by atoms with Crippen molar-refractivity contribution in [2.24, 2.45) is 5.73 Å². The van der Waals surface area contributed by atoms with Crippen molar-refractivity contribution in [1.29, 1.82) is 0 Å². The molecule has 0 radical (unpaired) electrons. The molecule has 1 unspecified atom stereocenters. The molecule has 0 aliphatic carbocycles. The van der Waals surface area contributed by atoms with E-state index in [1.165, 1.54) is 0 Å². The average molecular weight is 215 g/mol. The van der Waals surface area contributed by atoms with Crippen LogP contribution < -0.4 is 16.4 Å². The molecule has 88 valence electrons. The zero-order valence-electron chi connectivity index (χ0n) is 9.89. The smallest absolute Gasteiger partial charge is 0.242 e. The van der Waals surface area contributed by atoms with E-state index in [1.807, 2.05) is 13.8 Å². The van der Waals surface area contributed by atoms with E-state index in [2.05, 4.69) is 10.6 Å². The van der Waals surface area contributed by atoms with E-state index in [1.54, 1.807) is 13.8 Å². The molecule has 0 aliphatic rings. The van der Waals surface area contributed by atoms with Gasteiger partial charge in [0.2, 0.25) is 11.8 Å². The van der Waals surface area contributed by atoms with Crippen LogP contribution in [-0.4, -0.2) is 29.9 Å². The van der Waals surface area contributed by atoms with E-state index in [0.29, 0.717) is 6.42 Å². The zero-order valence-corrected chi connectivity index (χ0v) is 9.89. The quantitative estimate of drug-likeness (QED) is 0.571. The van der Waals surface area contributed by atoms with E-state index in [9.17, 15) is 9.59 Å². The lowest BCUT2D eigenvalue weighted by Gasteiger charge is -2.23. The third kappa shape index (κ3) is 5.37. The van der Waals surface area contributed by atoms with Crippen LogP contribution in [-0.2, 0) is 9.59 Å². The topological polar surface area (TPSA) is 84.2 Å². The molecule has 1 atom stereocenters. The number of hydrogen-bond acceptors (Lipinski definition) is 3. The number of carbonyl (C=O) groups excluding carboxylic acids is 2. The van der Waals surface area contributed by atoms with Crippen molar-refractivity contribution in [3.8, 4) is 0 Å². The number of nitrogens with one attached hydrogen (secondary N) is 2. The van der Waals surface area contributed by atoms with E-state index in [4.69, 9.17) is 5.73 Å². The maximum absolute atomic E-state index is 11.5. The standard InChI is InChI=1S/C10H21N3O2/c1-5-12-7(2)6-8(14)13-10(3,4)9(11)15/h7,12H,5-6H2,1-4H3,(H2,11,15)(H,13,14). The summed E-state index contributed by atoms with van der Waals surface area (Å²) in [7, 11) is 0. The van der Waals surface area contributed by atoms with Gasteiger partial charge in [0.1, 0.15) is 5.54 Å². The number of hydrogen-bond donors (Lipinski definition) is 3. The Morgan fingerprint density at radius 1 is 1.40 bits per heavy atom. The summed E-state index contributed by atoms with van der Waals surface area (Å²) in [5.74, 6) is -0.709. The van der Waals surface area contributed by atoms with E-state index in [-0.39, 0.29) is 11.9 Å². The second-order valence-electron chi connectivity index (χ2n) is 4.20. The van der Waals surface area contributed by atoms with Crippen LogP contribution in [0.15, 0.2) is 0 Å². The molecule has 0 saturated heterocycles. The molecule has 5 nitrogen and oxygen atoms in total. The number of rotatable bonds is 6. The van der Waals surface area contributed by atoms with Gasteiger partial charge in [0.15, 0.2) is 0 Å². The summed E-state index contributed by atoms with van der Waals surface area (Å²) in [6, 6.07) is 0.0960. The summed E-state index contributed by atoms with van der Waals surface area (Å²) in [5, 5.41) is 5.71. The highest BCUT2D eigenvalue weighted by molar-refractivity contribution is 5.89. The number of carbonyl (C=O) groups is 2. The maximum Gasteiger partial charge on any atom is 0.242 e. The first-order valence-corrected chi connectivity index (χ1v) is 5.14. The van der Waals surface area contributed by atoms with Gasteiger partial charge < -0.3 is 16.4 Å². The zero-order chi connectivity index (χ0) is 12.1. The number of nitrogens with two attached hydrogens (primary N) is 1. The molecule has 15 heavy (non-hydrogen) atoms. The van der Waals surface area contributed by atoms with Crippen molar-refractivity contribution < 1.29 is 9.59 Å². The summed E-state index contributed by atoms with van der Waals surface area (Å²) >= 11 is 0. The molecule has 0 saturated carbocycles. The van der Waals surface area contributed by atoms with Crippen LogP contribution in [0.4, 0.5) is 0 Å². The molecule has 5 heteroatoms. The highest BCUT2D eigenvalue weighted by atomic mass is 16.2. The van der Waals surface area contributed by atoms with E-state index < -0.39 is 11.4 Å². The molecule has 0 aromatic carbocycles. The van der Waals surface area contributed by atoms with Crippen LogP contribution in [0.2, 0.25) is 0 Å². The Bertz CT molecular complexity index is 239.